The molecule has 7 nitrogen and oxygen atoms in total. The van der Waals surface area contributed by atoms with Gasteiger partial charge in [-0.3, -0.25) is 4.98 Å². The lowest BCUT2D eigenvalue weighted by Gasteiger charge is -2.38. The number of hydrazone groups is 1. The van der Waals surface area contributed by atoms with Crippen LogP contribution in [-0.4, -0.2) is 29.1 Å². The first-order chi connectivity index (χ1) is 15.3. The predicted molar refractivity (Wildman–Crippen MR) is 114 cm³/mol. The molecule has 3 aromatic rings. The molecule has 4 heterocycles. The number of hydrogen-bond donors (Lipinski definition) is 0. The molecule has 0 saturated heterocycles. The first kappa shape index (κ1) is 18.1. The maximum Gasteiger partial charge on any atom is 0.231 e. The van der Waals surface area contributed by atoms with Crippen LogP contribution >= 0.6 is 0 Å². The molecule has 0 bridgehead atoms. The van der Waals surface area contributed by atoms with E-state index in [2.05, 4.69) is 11.1 Å². The summed E-state index contributed by atoms with van der Waals surface area (Å²) in [5.41, 5.74) is 4.02. The lowest BCUT2D eigenvalue weighted by molar-refractivity contribution is -0.0214. The molecule has 7 heteroatoms. The molecule has 3 aliphatic rings. The van der Waals surface area contributed by atoms with E-state index in [0.717, 1.165) is 51.8 Å². The fourth-order valence-electron chi connectivity index (χ4n) is 4.35. The molecule has 1 aromatic heterocycles. The third-order valence-electron chi connectivity index (χ3n) is 5.76. The summed E-state index contributed by atoms with van der Waals surface area (Å²) < 4.78 is 23.4. The SMILES string of the molecule is CCOc1cccc2c1O[C@@H](c1cccnc1)N1N=C(c3ccc4c(c3)OCO4)C[C@@H]21. The standard InChI is InChI=1S/C24H21N3O4/c1-2-28-21-7-3-6-17-19-12-18(15-8-9-20-22(11-15)30-14-29-20)26-27(19)24(31-23(17)21)16-5-4-10-25-13-16/h3-11,13,19,24H,2,12,14H2,1H3/t19-,24-/m0/s1. The largest absolute Gasteiger partial charge is 0.490 e. The highest BCUT2D eigenvalue weighted by Gasteiger charge is 2.42. The number of rotatable bonds is 4. The lowest BCUT2D eigenvalue weighted by Crippen LogP contribution is -2.34. The van der Waals surface area contributed by atoms with Crippen LogP contribution in [-0.2, 0) is 0 Å². The monoisotopic (exact) mass is 415 g/mol. The second-order valence-electron chi connectivity index (χ2n) is 7.58. The maximum atomic E-state index is 6.48. The van der Waals surface area contributed by atoms with Crippen LogP contribution in [0.1, 0.15) is 42.3 Å². The van der Waals surface area contributed by atoms with Crippen LogP contribution < -0.4 is 18.9 Å². The minimum atomic E-state index is -0.390. The molecule has 2 aromatic carbocycles. The average molecular weight is 415 g/mol. The van der Waals surface area contributed by atoms with E-state index >= 15 is 0 Å². The summed E-state index contributed by atoms with van der Waals surface area (Å²) in [6, 6.07) is 16.0. The minimum absolute atomic E-state index is 0.0368. The van der Waals surface area contributed by atoms with E-state index in [1.165, 1.54) is 0 Å². The smallest absolute Gasteiger partial charge is 0.231 e. The Labute approximate surface area is 179 Å². The summed E-state index contributed by atoms with van der Waals surface area (Å²) >= 11 is 0. The number of hydrogen-bond acceptors (Lipinski definition) is 7. The van der Waals surface area contributed by atoms with Crippen LogP contribution in [0.4, 0.5) is 0 Å². The molecule has 0 aliphatic carbocycles. The van der Waals surface area contributed by atoms with Gasteiger partial charge in [-0.25, -0.2) is 5.01 Å². The van der Waals surface area contributed by atoms with Gasteiger partial charge in [-0.15, -0.1) is 0 Å². The number of pyridine rings is 1. The molecule has 6 rings (SSSR count). The van der Waals surface area contributed by atoms with E-state index in [1.54, 1.807) is 6.20 Å². The molecule has 2 atom stereocenters. The van der Waals surface area contributed by atoms with Crippen molar-refractivity contribution in [1.29, 1.82) is 0 Å². The second-order valence-corrected chi connectivity index (χ2v) is 7.58. The third-order valence-corrected chi connectivity index (χ3v) is 5.76. The Morgan fingerprint density at radius 3 is 2.90 bits per heavy atom. The molecular weight excluding hydrogens is 394 g/mol. The van der Waals surface area contributed by atoms with Crippen LogP contribution in [0, 0.1) is 0 Å². The van der Waals surface area contributed by atoms with Crippen molar-refractivity contribution in [1.82, 2.24) is 9.99 Å². The van der Waals surface area contributed by atoms with Gasteiger partial charge < -0.3 is 18.9 Å². The molecule has 0 amide bonds. The number of benzene rings is 2. The van der Waals surface area contributed by atoms with Crippen LogP contribution in [0.25, 0.3) is 0 Å². The zero-order valence-electron chi connectivity index (χ0n) is 17.0. The van der Waals surface area contributed by atoms with Gasteiger partial charge in [-0.1, -0.05) is 18.2 Å². The van der Waals surface area contributed by atoms with Crippen LogP contribution in [0.2, 0.25) is 0 Å². The van der Waals surface area contributed by atoms with E-state index in [4.69, 9.17) is 24.0 Å². The van der Waals surface area contributed by atoms with Crippen molar-refractivity contribution < 1.29 is 18.9 Å². The molecule has 0 unspecified atom stereocenters. The molecule has 156 valence electrons. The van der Waals surface area contributed by atoms with E-state index in [-0.39, 0.29) is 19.1 Å². The van der Waals surface area contributed by atoms with Crippen molar-refractivity contribution in [2.24, 2.45) is 5.10 Å². The van der Waals surface area contributed by atoms with Crippen molar-refractivity contribution in [3.8, 4) is 23.0 Å². The Balaban J connectivity index is 1.44. The van der Waals surface area contributed by atoms with Crippen LogP contribution in [0.15, 0.2) is 66.0 Å². The number of aromatic nitrogens is 1. The van der Waals surface area contributed by atoms with Gasteiger partial charge >= 0.3 is 0 Å². The Kier molecular flexibility index (Phi) is 4.19. The molecule has 0 saturated carbocycles. The van der Waals surface area contributed by atoms with Gasteiger partial charge in [0.25, 0.3) is 0 Å². The number of fused-ring (bicyclic) bond motifs is 4. The molecular formula is C24H21N3O4. The molecule has 0 N–H and O–H groups in total. The van der Waals surface area contributed by atoms with Crippen LogP contribution in [0.5, 0.6) is 23.0 Å². The van der Waals surface area contributed by atoms with E-state index in [9.17, 15) is 0 Å². The Morgan fingerprint density at radius 1 is 1.10 bits per heavy atom. The average Bonchev–Trinajstić information content (AvgIpc) is 3.46. The Hall–Kier alpha value is -3.74. The Morgan fingerprint density at radius 2 is 2.03 bits per heavy atom. The van der Waals surface area contributed by atoms with E-state index in [0.29, 0.717) is 6.61 Å². The number of para-hydroxylation sites is 1. The summed E-state index contributed by atoms with van der Waals surface area (Å²) in [7, 11) is 0. The maximum absolute atomic E-state index is 6.48. The molecule has 0 fully saturated rings. The van der Waals surface area contributed by atoms with Gasteiger partial charge in [-0.05, 0) is 37.3 Å². The van der Waals surface area contributed by atoms with Gasteiger partial charge in [0.05, 0.1) is 18.4 Å². The van der Waals surface area contributed by atoms with Crippen molar-refractivity contribution in [2.75, 3.05) is 13.4 Å². The summed E-state index contributed by atoms with van der Waals surface area (Å²) in [5, 5.41) is 7.03. The number of nitrogens with zero attached hydrogens (tertiary/aromatic N) is 3. The topological polar surface area (TPSA) is 65.4 Å². The number of ether oxygens (including phenoxy) is 4. The highest BCUT2D eigenvalue weighted by molar-refractivity contribution is 6.02. The van der Waals surface area contributed by atoms with Gasteiger partial charge in [-0.2, -0.15) is 5.10 Å². The van der Waals surface area contributed by atoms with E-state index in [1.807, 2.05) is 60.6 Å². The summed E-state index contributed by atoms with van der Waals surface area (Å²) in [4.78, 5) is 4.29. The molecule has 0 radical (unpaired) electrons. The molecule has 0 spiro atoms. The second kappa shape index (κ2) is 7.19. The van der Waals surface area contributed by atoms with Crippen LogP contribution in [0.3, 0.4) is 0 Å². The van der Waals surface area contributed by atoms with Gasteiger partial charge in [0.2, 0.25) is 13.0 Å². The highest BCUT2D eigenvalue weighted by atomic mass is 16.7. The van der Waals surface area contributed by atoms with Gasteiger partial charge in [0.1, 0.15) is 0 Å². The quantitative estimate of drug-likeness (QED) is 0.627. The molecule has 31 heavy (non-hydrogen) atoms. The first-order valence-corrected chi connectivity index (χ1v) is 10.4. The summed E-state index contributed by atoms with van der Waals surface area (Å²) in [6.07, 6.45) is 3.94. The van der Waals surface area contributed by atoms with Crippen molar-refractivity contribution in [3.05, 3.63) is 77.6 Å². The van der Waals surface area contributed by atoms with Crippen molar-refractivity contribution in [2.45, 2.75) is 25.6 Å². The van der Waals surface area contributed by atoms with Crippen molar-refractivity contribution >= 4 is 5.71 Å². The summed E-state index contributed by atoms with van der Waals surface area (Å²) in [6.45, 7) is 2.80. The highest BCUT2D eigenvalue weighted by Crippen LogP contribution is 2.50. The Bertz CT molecular complexity index is 1160. The predicted octanol–water partition coefficient (Wildman–Crippen LogP) is 4.45. The van der Waals surface area contributed by atoms with E-state index < -0.39 is 0 Å². The summed E-state index contributed by atoms with van der Waals surface area (Å²) in [5.74, 6) is 3.05. The van der Waals surface area contributed by atoms with Gasteiger partial charge in [0.15, 0.2) is 23.0 Å². The van der Waals surface area contributed by atoms with Crippen molar-refractivity contribution in [3.63, 3.8) is 0 Å². The fourth-order valence-corrected chi connectivity index (χ4v) is 4.35. The fraction of sp³-hybridized carbons (Fsp3) is 0.250. The normalized spacial score (nSPS) is 20.5. The molecule has 3 aliphatic heterocycles. The zero-order chi connectivity index (χ0) is 20.8. The minimum Gasteiger partial charge on any atom is -0.490 e. The zero-order valence-corrected chi connectivity index (χ0v) is 17.0. The first-order valence-electron chi connectivity index (χ1n) is 10.4. The third kappa shape index (κ3) is 2.96. The lowest BCUT2D eigenvalue weighted by atomic mass is 9.95. The van der Waals surface area contributed by atoms with Gasteiger partial charge in [0, 0.05) is 35.5 Å².